The molecule has 10 heavy (non-hydrogen) atoms. The van der Waals surface area contributed by atoms with Crippen molar-refractivity contribution < 1.29 is 4.74 Å². The third-order valence-electron chi connectivity index (χ3n) is 1.36. The van der Waals surface area contributed by atoms with Gasteiger partial charge in [-0.1, -0.05) is 5.92 Å². The van der Waals surface area contributed by atoms with E-state index in [0.29, 0.717) is 0 Å². The van der Waals surface area contributed by atoms with Crippen molar-refractivity contribution in [1.82, 2.24) is 5.32 Å². The number of terminal acetylenes is 1. The molecule has 0 saturated heterocycles. The molecule has 2 atom stereocenters. The highest BCUT2D eigenvalue weighted by atomic mass is 16.5. The maximum atomic E-state index is 5.15. The summed E-state index contributed by atoms with van der Waals surface area (Å²) >= 11 is 0. The molecule has 0 aromatic rings. The first-order valence-electron chi connectivity index (χ1n) is 3.43. The van der Waals surface area contributed by atoms with Crippen molar-refractivity contribution in [3.63, 3.8) is 0 Å². The van der Waals surface area contributed by atoms with Gasteiger partial charge in [-0.15, -0.1) is 6.42 Å². The van der Waals surface area contributed by atoms with Gasteiger partial charge >= 0.3 is 0 Å². The fourth-order valence-corrected chi connectivity index (χ4v) is 0.485. The number of ether oxygens (including phenoxy) is 1. The topological polar surface area (TPSA) is 21.3 Å². The minimum atomic E-state index is 0.137. The van der Waals surface area contributed by atoms with E-state index in [1.54, 1.807) is 7.11 Å². The lowest BCUT2D eigenvalue weighted by Crippen LogP contribution is -2.32. The first-order valence-corrected chi connectivity index (χ1v) is 3.43. The number of hydrogen-bond donors (Lipinski definition) is 1. The fraction of sp³-hybridized carbons (Fsp3) is 0.750. The summed E-state index contributed by atoms with van der Waals surface area (Å²) in [6.07, 6.45) is 5.38. The van der Waals surface area contributed by atoms with Crippen molar-refractivity contribution in [3.05, 3.63) is 0 Å². The Labute approximate surface area is 63.0 Å². The van der Waals surface area contributed by atoms with E-state index in [2.05, 4.69) is 11.2 Å². The quantitative estimate of drug-likeness (QED) is 0.580. The molecule has 0 bridgehead atoms. The van der Waals surface area contributed by atoms with Crippen LogP contribution >= 0.6 is 0 Å². The predicted octanol–water partition coefficient (Wildman–Crippen LogP) is 0.633. The summed E-state index contributed by atoms with van der Waals surface area (Å²) in [7, 11) is 1.69. The average molecular weight is 141 g/mol. The number of rotatable bonds is 4. The van der Waals surface area contributed by atoms with Crippen molar-refractivity contribution in [1.29, 1.82) is 0 Å². The van der Waals surface area contributed by atoms with Crippen LogP contribution in [0.4, 0.5) is 0 Å². The average Bonchev–Trinajstić information content (AvgIpc) is 1.99. The van der Waals surface area contributed by atoms with E-state index >= 15 is 0 Å². The van der Waals surface area contributed by atoms with E-state index in [0.717, 1.165) is 6.54 Å². The second-order valence-corrected chi connectivity index (χ2v) is 2.34. The largest absolute Gasteiger partial charge is 0.380 e. The van der Waals surface area contributed by atoms with Gasteiger partial charge in [0.05, 0.1) is 12.1 Å². The Kier molecular flexibility index (Phi) is 5.00. The van der Waals surface area contributed by atoms with Gasteiger partial charge in [-0.25, -0.2) is 0 Å². The van der Waals surface area contributed by atoms with Gasteiger partial charge in [0.25, 0.3) is 0 Å². The predicted molar refractivity (Wildman–Crippen MR) is 42.8 cm³/mol. The molecule has 0 aliphatic heterocycles. The van der Waals surface area contributed by atoms with Gasteiger partial charge in [0.2, 0.25) is 0 Å². The van der Waals surface area contributed by atoms with Gasteiger partial charge < -0.3 is 10.1 Å². The van der Waals surface area contributed by atoms with E-state index in [4.69, 9.17) is 11.2 Å². The molecule has 0 radical (unpaired) electrons. The molecule has 0 amide bonds. The lowest BCUT2D eigenvalue weighted by molar-refractivity contribution is 0.116. The summed E-state index contributed by atoms with van der Waals surface area (Å²) < 4.78 is 5.01. The normalized spacial score (nSPS) is 15.8. The molecule has 2 heteroatoms. The van der Waals surface area contributed by atoms with Crippen molar-refractivity contribution in [3.8, 4) is 12.3 Å². The fourth-order valence-electron chi connectivity index (χ4n) is 0.485. The SMILES string of the molecule is C#CC(C)NCC(C)OC. The van der Waals surface area contributed by atoms with Crippen molar-refractivity contribution in [2.24, 2.45) is 0 Å². The molecule has 58 valence electrons. The Morgan fingerprint density at radius 1 is 1.60 bits per heavy atom. The van der Waals surface area contributed by atoms with Crippen LogP contribution in [-0.2, 0) is 4.74 Å². The van der Waals surface area contributed by atoms with E-state index in [1.807, 2.05) is 13.8 Å². The van der Waals surface area contributed by atoms with Crippen LogP contribution in [0.3, 0.4) is 0 Å². The molecule has 2 unspecified atom stereocenters. The number of nitrogens with one attached hydrogen (secondary N) is 1. The van der Waals surface area contributed by atoms with Gasteiger partial charge in [0.15, 0.2) is 0 Å². The van der Waals surface area contributed by atoms with Gasteiger partial charge in [-0.2, -0.15) is 0 Å². The molecule has 2 nitrogen and oxygen atoms in total. The zero-order chi connectivity index (χ0) is 7.98. The van der Waals surface area contributed by atoms with Crippen LogP contribution in [-0.4, -0.2) is 25.8 Å². The maximum absolute atomic E-state index is 5.15. The van der Waals surface area contributed by atoms with Crippen LogP contribution in [0.1, 0.15) is 13.8 Å². The van der Waals surface area contributed by atoms with Gasteiger partial charge in [-0.3, -0.25) is 0 Å². The Balaban J connectivity index is 3.28. The summed E-state index contributed by atoms with van der Waals surface area (Å²) in [5.41, 5.74) is 0. The molecule has 0 aliphatic rings. The Morgan fingerprint density at radius 2 is 2.20 bits per heavy atom. The molecule has 0 fully saturated rings. The van der Waals surface area contributed by atoms with Crippen molar-refractivity contribution in [2.45, 2.75) is 26.0 Å². The summed E-state index contributed by atoms with van der Waals surface area (Å²) in [4.78, 5) is 0. The second kappa shape index (κ2) is 5.28. The van der Waals surface area contributed by atoms with E-state index in [9.17, 15) is 0 Å². The number of hydrogen-bond acceptors (Lipinski definition) is 2. The first kappa shape index (κ1) is 9.48. The molecular formula is C8H15NO. The molecule has 0 aromatic heterocycles. The third-order valence-corrected chi connectivity index (χ3v) is 1.36. The Morgan fingerprint density at radius 3 is 2.60 bits per heavy atom. The molecule has 0 heterocycles. The summed E-state index contributed by atoms with van der Waals surface area (Å²) in [6.45, 7) is 4.75. The molecule has 0 saturated carbocycles. The van der Waals surface area contributed by atoms with Crippen LogP contribution in [0.25, 0.3) is 0 Å². The van der Waals surface area contributed by atoms with Crippen molar-refractivity contribution in [2.75, 3.05) is 13.7 Å². The van der Waals surface area contributed by atoms with Crippen LogP contribution in [0.15, 0.2) is 0 Å². The maximum Gasteiger partial charge on any atom is 0.0667 e. The van der Waals surface area contributed by atoms with Crippen LogP contribution in [0.2, 0.25) is 0 Å². The third kappa shape index (κ3) is 4.37. The highest BCUT2D eigenvalue weighted by Gasteiger charge is 1.99. The molecule has 0 aromatic carbocycles. The van der Waals surface area contributed by atoms with E-state index in [-0.39, 0.29) is 12.1 Å². The van der Waals surface area contributed by atoms with E-state index in [1.165, 1.54) is 0 Å². The molecule has 1 N–H and O–H groups in total. The highest BCUT2D eigenvalue weighted by Crippen LogP contribution is 1.85. The Bertz CT molecular complexity index is 117. The number of methoxy groups -OCH3 is 1. The molecule has 0 aliphatic carbocycles. The summed E-state index contributed by atoms with van der Waals surface area (Å²) in [6, 6.07) is 0.137. The lowest BCUT2D eigenvalue weighted by atomic mass is 10.3. The van der Waals surface area contributed by atoms with Gasteiger partial charge in [0, 0.05) is 13.7 Å². The zero-order valence-electron chi connectivity index (χ0n) is 6.85. The summed E-state index contributed by atoms with van der Waals surface area (Å²) in [5, 5.41) is 3.12. The smallest absolute Gasteiger partial charge is 0.0667 e. The monoisotopic (exact) mass is 141 g/mol. The van der Waals surface area contributed by atoms with Gasteiger partial charge in [0.1, 0.15) is 0 Å². The lowest BCUT2D eigenvalue weighted by Gasteiger charge is -2.12. The standard InChI is InChI=1S/C8H15NO/c1-5-7(2)9-6-8(3)10-4/h1,7-9H,6H2,2-4H3. The van der Waals surface area contributed by atoms with E-state index < -0.39 is 0 Å². The van der Waals surface area contributed by atoms with Crippen molar-refractivity contribution >= 4 is 0 Å². The minimum absolute atomic E-state index is 0.137. The molecular weight excluding hydrogens is 126 g/mol. The first-order chi connectivity index (χ1) is 4.70. The van der Waals surface area contributed by atoms with Gasteiger partial charge in [-0.05, 0) is 13.8 Å². The molecule has 0 spiro atoms. The highest BCUT2D eigenvalue weighted by molar-refractivity contribution is 4.95. The molecule has 0 rings (SSSR count). The van der Waals surface area contributed by atoms with Crippen LogP contribution in [0, 0.1) is 12.3 Å². The zero-order valence-corrected chi connectivity index (χ0v) is 6.85. The van der Waals surface area contributed by atoms with Crippen LogP contribution in [0.5, 0.6) is 0 Å². The Hall–Kier alpha value is -0.520. The second-order valence-electron chi connectivity index (χ2n) is 2.34. The minimum Gasteiger partial charge on any atom is -0.380 e. The van der Waals surface area contributed by atoms with Crippen LogP contribution < -0.4 is 5.32 Å². The summed E-state index contributed by atoms with van der Waals surface area (Å²) in [5.74, 6) is 2.58.